The zero-order chi connectivity index (χ0) is 15.5. The van der Waals surface area contributed by atoms with Crippen LogP contribution in [0.15, 0.2) is 29.2 Å². The van der Waals surface area contributed by atoms with E-state index in [1.165, 1.54) is 17.8 Å². The fraction of sp³-hybridized carbons (Fsp3) is 0.438. The first-order valence-corrected chi connectivity index (χ1v) is 7.92. The summed E-state index contributed by atoms with van der Waals surface area (Å²) in [5.74, 6) is -2.88. The fourth-order valence-electron chi connectivity index (χ4n) is 2.10. The van der Waals surface area contributed by atoms with Crippen molar-refractivity contribution in [1.82, 2.24) is 0 Å². The molecule has 2 nitrogen and oxygen atoms in total. The van der Waals surface area contributed by atoms with Crippen molar-refractivity contribution in [2.24, 2.45) is 0 Å². The van der Waals surface area contributed by atoms with Crippen molar-refractivity contribution in [3.8, 4) is 0 Å². The minimum atomic E-state index is -2.71. The number of halogens is 2. The largest absolute Gasteiger partial charge is 0.466 e. The highest BCUT2D eigenvalue weighted by atomic mass is 32.2. The number of esters is 1. The van der Waals surface area contributed by atoms with Gasteiger partial charge in [-0.05, 0) is 31.1 Å². The molecule has 1 heterocycles. The molecule has 0 saturated carbocycles. The maximum absolute atomic E-state index is 13.5. The van der Waals surface area contributed by atoms with E-state index in [0.717, 1.165) is 11.1 Å². The average molecular weight is 312 g/mol. The average Bonchev–Trinajstić information content (AvgIpc) is 2.78. The van der Waals surface area contributed by atoms with E-state index in [2.05, 4.69) is 0 Å². The number of thioether (sulfide) groups is 1. The van der Waals surface area contributed by atoms with E-state index in [9.17, 15) is 13.6 Å². The smallest absolute Gasteiger partial charge is 0.313 e. The molecule has 1 aliphatic rings. The second-order valence-electron chi connectivity index (χ2n) is 4.95. The number of rotatable bonds is 4. The van der Waals surface area contributed by atoms with Crippen LogP contribution in [0.4, 0.5) is 8.78 Å². The molecule has 1 aliphatic heterocycles. The van der Waals surface area contributed by atoms with Crippen LogP contribution in [0.25, 0.3) is 6.08 Å². The summed E-state index contributed by atoms with van der Waals surface area (Å²) in [5.41, 5.74) is 1.54. The van der Waals surface area contributed by atoms with Crippen molar-refractivity contribution in [3.05, 3.63) is 40.3 Å². The Morgan fingerprint density at radius 1 is 1.43 bits per heavy atom. The van der Waals surface area contributed by atoms with E-state index < -0.39 is 5.92 Å². The maximum Gasteiger partial charge on any atom is 0.313 e. The topological polar surface area (TPSA) is 26.3 Å². The van der Waals surface area contributed by atoms with E-state index in [1.807, 2.05) is 0 Å². The van der Waals surface area contributed by atoms with Gasteiger partial charge >= 0.3 is 5.97 Å². The van der Waals surface area contributed by atoms with Gasteiger partial charge in [0.25, 0.3) is 5.92 Å². The Kier molecular flexibility index (Phi) is 5.04. The Balaban J connectivity index is 2.12. The zero-order valence-corrected chi connectivity index (χ0v) is 12.9. The molecule has 1 unspecified atom stereocenters. The molecule has 1 saturated heterocycles. The molecule has 21 heavy (non-hydrogen) atoms. The molecule has 5 heteroatoms. The zero-order valence-electron chi connectivity index (χ0n) is 12.1. The van der Waals surface area contributed by atoms with Crippen LogP contribution in [0.3, 0.4) is 0 Å². The third-order valence-electron chi connectivity index (χ3n) is 3.41. The van der Waals surface area contributed by atoms with Crippen molar-refractivity contribution in [2.75, 3.05) is 12.4 Å². The molecule has 1 aromatic carbocycles. The van der Waals surface area contributed by atoms with E-state index in [0.29, 0.717) is 12.4 Å². The van der Waals surface area contributed by atoms with Gasteiger partial charge in [0.15, 0.2) is 0 Å². The number of benzene rings is 1. The summed E-state index contributed by atoms with van der Waals surface area (Å²) in [6.45, 7) is 3.88. The Hall–Kier alpha value is -1.36. The van der Waals surface area contributed by atoms with E-state index in [1.54, 1.807) is 38.1 Å². The summed E-state index contributed by atoms with van der Waals surface area (Å²) < 4.78 is 32.1. The second kappa shape index (κ2) is 6.60. The monoisotopic (exact) mass is 312 g/mol. The van der Waals surface area contributed by atoms with Gasteiger partial charge in [-0.3, -0.25) is 4.79 Å². The Bertz CT molecular complexity index is 538. The Morgan fingerprint density at radius 2 is 2.10 bits per heavy atom. The van der Waals surface area contributed by atoms with Crippen LogP contribution in [0, 0.1) is 0 Å². The number of carbonyl (C=O) groups is 1. The third-order valence-corrected chi connectivity index (χ3v) is 4.54. The van der Waals surface area contributed by atoms with Crippen molar-refractivity contribution < 1.29 is 18.3 Å². The van der Waals surface area contributed by atoms with Crippen LogP contribution in [0.1, 0.15) is 37.3 Å². The minimum Gasteiger partial charge on any atom is -0.466 e. The van der Waals surface area contributed by atoms with Gasteiger partial charge in [0.1, 0.15) is 0 Å². The van der Waals surface area contributed by atoms with E-state index in [4.69, 9.17) is 4.74 Å². The fourth-order valence-corrected chi connectivity index (χ4v) is 3.21. The number of ether oxygens (including phenoxy) is 1. The van der Waals surface area contributed by atoms with Gasteiger partial charge < -0.3 is 4.74 Å². The van der Waals surface area contributed by atoms with Crippen LogP contribution in [0.5, 0.6) is 0 Å². The molecule has 114 valence electrons. The third kappa shape index (κ3) is 3.84. The van der Waals surface area contributed by atoms with Gasteiger partial charge in [-0.1, -0.05) is 24.3 Å². The lowest BCUT2D eigenvalue weighted by atomic mass is 9.99. The van der Waals surface area contributed by atoms with Gasteiger partial charge in [0.2, 0.25) is 0 Å². The summed E-state index contributed by atoms with van der Waals surface area (Å²) in [6.07, 6.45) is 1.43. The van der Waals surface area contributed by atoms with Gasteiger partial charge in [-0.15, -0.1) is 11.8 Å². The lowest BCUT2D eigenvalue weighted by Gasteiger charge is -2.12. The van der Waals surface area contributed by atoms with Gasteiger partial charge in [0.05, 0.1) is 17.4 Å². The molecule has 2 rings (SSSR count). The molecule has 1 fully saturated rings. The van der Waals surface area contributed by atoms with E-state index in [-0.39, 0.29) is 23.2 Å². The molecule has 1 atom stereocenters. The second-order valence-corrected chi connectivity index (χ2v) is 6.09. The highest BCUT2D eigenvalue weighted by Gasteiger charge is 2.39. The summed E-state index contributed by atoms with van der Waals surface area (Å²) in [6, 6.07) is 7.08. The predicted molar refractivity (Wildman–Crippen MR) is 81.5 cm³/mol. The summed E-state index contributed by atoms with van der Waals surface area (Å²) >= 11 is 1.20. The maximum atomic E-state index is 13.5. The van der Waals surface area contributed by atoms with Gasteiger partial charge in [-0.2, -0.15) is 0 Å². The first-order chi connectivity index (χ1) is 9.94. The quantitative estimate of drug-likeness (QED) is 0.768. The van der Waals surface area contributed by atoms with Crippen molar-refractivity contribution >= 4 is 23.8 Å². The number of hydrogen-bond donors (Lipinski definition) is 0. The van der Waals surface area contributed by atoms with Gasteiger partial charge in [0, 0.05) is 12.2 Å². The normalized spacial score (nSPS) is 20.5. The lowest BCUT2D eigenvalue weighted by molar-refractivity contribution is -0.144. The number of allylic oxidation sites excluding steroid dienone is 1. The highest BCUT2D eigenvalue weighted by Crippen LogP contribution is 2.44. The standard InChI is InChI=1S/C16H18F2O2S/c1-3-20-15(19)11(2)13-6-4-12(5-7-13)10-14-16(17,18)8-9-21-14/h4-7,10-11H,3,8-9H2,1-2H3/b14-10-. The van der Waals surface area contributed by atoms with Crippen molar-refractivity contribution in [2.45, 2.75) is 32.1 Å². The number of hydrogen-bond acceptors (Lipinski definition) is 3. The van der Waals surface area contributed by atoms with Crippen LogP contribution in [0.2, 0.25) is 0 Å². The highest BCUT2D eigenvalue weighted by molar-refractivity contribution is 8.03. The molecule has 0 bridgehead atoms. The molecule has 0 aromatic heterocycles. The van der Waals surface area contributed by atoms with Crippen LogP contribution in [-0.2, 0) is 9.53 Å². The van der Waals surface area contributed by atoms with Crippen molar-refractivity contribution in [1.29, 1.82) is 0 Å². The Morgan fingerprint density at radius 3 is 2.62 bits per heavy atom. The molecule has 0 spiro atoms. The lowest BCUT2D eigenvalue weighted by Crippen LogP contribution is -2.13. The summed E-state index contributed by atoms with van der Waals surface area (Å²) in [4.78, 5) is 11.8. The minimum absolute atomic E-state index is 0.0958. The first-order valence-electron chi connectivity index (χ1n) is 6.93. The molecule has 0 radical (unpaired) electrons. The first kappa shape index (κ1) is 16.0. The SMILES string of the molecule is CCOC(=O)C(C)c1ccc(/C=C2\SCCC2(F)F)cc1. The molecular formula is C16H18F2O2S. The van der Waals surface area contributed by atoms with Crippen LogP contribution in [-0.4, -0.2) is 24.3 Å². The molecule has 0 N–H and O–H groups in total. The van der Waals surface area contributed by atoms with Crippen molar-refractivity contribution in [3.63, 3.8) is 0 Å². The summed E-state index contributed by atoms with van der Waals surface area (Å²) in [7, 11) is 0. The molecular weight excluding hydrogens is 294 g/mol. The van der Waals surface area contributed by atoms with E-state index >= 15 is 0 Å². The van der Waals surface area contributed by atoms with Crippen LogP contribution >= 0.6 is 11.8 Å². The molecule has 0 amide bonds. The molecule has 0 aliphatic carbocycles. The number of alkyl halides is 2. The number of carbonyl (C=O) groups excluding carboxylic acids is 1. The summed E-state index contributed by atoms with van der Waals surface area (Å²) in [5, 5.41) is 0. The predicted octanol–water partition coefficient (Wildman–Crippen LogP) is 4.47. The van der Waals surface area contributed by atoms with Gasteiger partial charge in [-0.25, -0.2) is 8.78 Å². The van der Waals surface area contributed by atoms with Crippen LogP contribution < -0.4 is 0 Å². The molecule has 1 aromatic rings. The Labute approximate surface area is 127 Å².